The minimum atomic E-state index is -1.29. The summed E-state index contributed by atoms with van der Waals surface area (Å²) in [5.74, 6) is -3.39. The van der Waals surface area contributed by atoms with E-state index in [-0.39, 0.29) is 11.3 Å². The molecule has 0 aliphatic heterocycles. The Hall–Kier alpha value is -4.32. The molecule has 0 N–H and O–H groups in total. The maximum atomic E-state index is 14.8. The van der Waals surface area contributed by atoms with Crippen LogP contribution in [0, 0.1) is 17.5 Å². The molecule has 0 aliphatic rings. The van der Waals surface area contributed by atoms with Crippen LogP contribution in [-0.2, 0) is 0 Å². The Morgan fingerprint density at radius 3 is 2.03 bits per heavy atom. The first-order valence-corrected chi connectivity index (χ1v) is 11.4. The van der Waals surface area contributed by atoms with Crippen molar-refractivity contribution >= 4 is 12.0 Å². The third-order valence-electron chi connectivity index (χ3n) is 5.51. The van der Waals surface area contributed by atoms with Crippen molar-refractivity contribution < 1.29 is 27.4 Å². The maximum Gasteiger partial charge on any atom is 0.346 e. The molecular formula is C30H23F3O3. The highest BCUT2D eigenvalue weighted by Gasteiger charge is 2.21. The van der Waals surface area contributed by atoms with Crippen LogP contribution in [0.1, 0.15) is 29.8 Å². The largest absolute Gasteiger partial charge is 0.494 e. The lowest BCUT2D eigenvalue weighted by Crippen LogP contribution is -2.12. The monoisotopic (exact) mass is 488 g/mol. The van der Waals surface area contributed by atoms with Gasteiger partial charge in [-0.2, -0.15) is 0 Å². The number of halogens is 3. The van der Waals surface area contributed by atoms with Gasteiger partial charge in [0, 0.05) is 17.2 Å². The highest BCUT2D eigenvalue weighted by molar-refractivity contribution is 5.92. The first-order valence-electron chi connectivity index (χ1n) is 11.4. The van der Waals surface area contributed by atoms with E-state index in [1.807, 2.05) is 26.0 Å². The lowest BCUT2D eigenvalue weighted by atomic mass is 10.0. The Balaban J connectivity index is 1.51. The lowest BCUT2D eigenvalue weighted by Gasteiger charge is -2.10. The van der Waals surface area contributed by atoms with Crippen molar-refractivity contribution in [2.24, 2.45) is 0 Å². The average molecular weight is 489 g/mol. The zero-order valence-corrected chi connectivity index (χ0v) is 19.7. The quantitative estimate of drug-likeness (QED) is 0.195. The fourth-order valence-corrected chi connectivity index (χ4v) is 3.75. The molecule has 0 amide bonds. The van der Waals surface area contributed by atoms with E-state index in [0.29, 0.717) is 29.0 Å². The number of hydrogen-bond acceptors (Lipinski definition) is 3. The molecule has 0 aliphatic carbocycles. The molecule has 4 aromatic rings. The molecule has 0 spiro atoms. The Kier molecular flexibility index (Phi) is 7.54. The molecule has 0 atom stereocenters. The summed E-state index contributed by atoms with van der Waals surface area (Å²) < 4.78 is 54.5. The Morgan fingerprint density at radius 2 is 1.39 bits per heavy atom. The number of ether oxygens (including phenoxy) is 2. The Morgan fingerprint density at radius 1 is 0.778 bits per heavy atom. The van der Waals surface area contributed by atoms with Crippen LogP contribution in [0.5, 0.6) is 11.5 Å². The normalized spacial score (nSPS) is 11.0. The molecule has 0 fully saturated rings. The maximum absolute atomic E-state index is 14.8. The topological polar surface area (TPSA) is 35.5 Å². The van der Waals surface area contributed by atoms with Gasteiger partial charge in [0.15, 0.2) is 11.6 Å². The summed E-state index contributed by atoms with van der Waals surface area (Å²) in [6.07, 6.45) is 3.77. The number of benzene rings is 4. The molecule has 0 saturated heterocycles. The number of allylic oxidation sites excluding steroid dienone is 1. The van der Waals surface area contributed by atoms with Gasteiger partial charge in [-0.05, 0) is 60.9 Å². The van der Waals surface area contributed by atoms with Gasteiger partial charge in [0.05, 0.1) is 12.2 Å². The molecule has 3 nitrogen and oxygen atoms in total. The van der Waals surface area contributed by atoms with Gasteiger partial charge in [-0.3, -0.25) is 0 Å². The number of esters is 1. The minimum absolute atomic E-state index is 0.0396. The second-order valence-electron chi connectivity index (χ2n) is 7.90. The molecule has 4 rings (SSSR count). The van der Waals surface area contributed by atoms with E-state index in [1.54, 1.807) is 48.5 Å². The molecule has 182 valence electrons. The predicted molar refractivity (Wildman–Crippen MR) is 134 cm³/mol. The van der Waals surface area contributed by atoms with Crippen molar-refractivity contribution in [2.75, 3.05) is 6.61 Å². The van der Waals surface area contributed by atoms with Crippen molar-refractivity contribution in [1.29, 1.82) is 0 Å². The van der Waals surface area contributed by atoms with Crippen molar-refractivity contribution in [3.63, 3.8) is 0 Å². The first kappa shape index (κ1) is 24.8. The van der Waals surface area contributed by atoms with Crippen LogP contribution in [-0.4, -0.2) is 12.6 Å². The summed E-state index contributed by atoms with van der Waals surface area (Å²) in [5, 5.41) is 0. The smallest absolute Gasteiger partial charge is 0.346 e. The van der Waals surface area contributed by atoms with Crippen molar-refractivity contribution in [3.8, 4) is 33.8 Å². The fourth-order valence-electron chi connectivity index (χ4n) is 3.75. The molecular weight excluding hydrogens is 465 g/mol. The van der Waals surface area contributed by atoms with Crippen LogP contribution in [0.3, 0.4) is 0 Å². The predicted octanol–water partition coefficient (Wildman–Crippen LogP) is 8.09. The Labute approximate surface area is 207 Å². The zero-order valence-electron chi connectivity index (χ0n) is 19.7. The van der Waals surface area contributed by atoms with Crippen molar-refractivity contribution in [1.82, 2.24) is 0 Å². The van der Waals surface area contributed by atoms with Crippen LogP contribution >= 0.6 is 0 Å². The van der Waals surface area contributed by atoms with E-state index in [0.717, 1.165) is 5.56 Å². The zero-order chi connectivity index (χ0) is 25.7. The van der Waals surface area contributed by atoms with Crippen LogP contribution < -0.4 is 9.47 Å². The summed E-state index contributed by atoms with van der Waals surface area (Å²) in [7, 11) is 0. The molecule has 36 heavy (non-hydrogen) atoms. The van der Waals surface area contributed by atoms with Gasteiger partial charge in [-0.15, -0.1) is 0 Å². The van der Waals surface area contributed by atoms with E-state index < -0.39 is 29.0 Å². The van der Waals surface area contributed by atoms with E-state index >= 15 is 0 Å². The lowest BCUT2D eigenvalue weighted by molar-refractivity contribution is 0.0728. The van der Waals surface area contributed by atoms with Crippen LogP contribution in [0.2, 0.25) is 0 Å². The summed E-state index contributed by atoms with van der Waals surface area (Å²) in [5.41, 5.74) is 1.83. The van der Waals surface area contributed by atoms with Crippen LogP contribution in [0.15, 0.2) is 84.9 Å². The van der Waals surface area contributed by atoms with Crippen molar-refractivity contribution in [3.05, 3.63) is 114 Å². The van der Waals surface area contributed by atoms with Crippen LogP contribution in [0.4, 0.5) is 13.2 Å². The standard InChI is InChI=1S/C30H23F3O3/c1-3-5-19-6-8-21(9-7-19)25-16-17-26(29(33)28(25)32)30(34)36-22-12-10-20(11-13-22)24-15-14-23(35-4-2)18-27(24)31/h3,5-18H,4H2,1-2H3/b5-3+. The second-order valence-corrected chi connectivity index (χ2v) is 7.90. The minimum Gasteiger partial charge on any atom is -0.494 e. The van der Waals surface area contributed by atoms with Crippen LogP contribution in [0.25, 0.3) is 28.3 Å². The van der Waals surface area contributed by atoms with E-state index in [2.05, 4.69) is 0 Å². The summed E-state index contributed by atoms with van der Waals surface area (Å²) in [4.78, 5) is 12.5. The number of hydrogen-bond donors (Lipinski definition) is 0. The average Bonchev–Trinajstić information content (AvgIpc) is 2.87. The van der Waals surface area contributed by atoms with Gasteiger partial charge in [0.2, 0.25) is 0 Å². The summed E-state index contributed by atoms with van der Waals surface area (Å²) in [6.45, 7) is 4.12. The number of rotatable bonds is 7. The van der Waals surface area contributed by atoms with Gasteiger partial charge in [0.25, 0.3) is 0 Å². The van der Waals surface area contributed by atoms with Gasteiger partial charge < -0.3 is 9.47 Å². The van der Waals surface area contributed by atoms with E-state index in [4.69, 9.17) is 9.47 Å². The molecule has 6 heteroatoms. The Bertz CT molecular complexity index is 1410. The third kappa shape index (κ3) is 5.33. The molecule has 0 radical (unpaired) electrons. The summed E-state index contributed by atoms with van der Waals surface area (Å²) >= 11 is 0. The highest BCUT2D eigenvalue weighted by atomic mass is 19.2. The van der Waals surface area contributed by atoms with Gasteiger partial charge in [-0.1, -0.05) is 54.6 Å². The van der Waals surface area contributed by atoms with Crippen molar-refractivity contribution in [2.45, 2.75) is 13.8 Å². The molecule has 0 saturated carbocycles. The number of carbonyl (C=O) groups excluding carboxylic acids is 1. The molecule has 0 aromatic heterocycles. The second kappa shape index (κ2) is 11.0. The van der Waals surface area contributed by atoms with Gasteiger partial charge in [0.1, 0.15) is 17.3 Å². The van der Waals surface area contributed by atoms with E-state index in [9.17, 15) is 18.0 Å². The summed E-state index contributed by atoms with van der Waals surface area (Å²) in [6, 6.07) is 20.1. The SMILES string of the molecule is C/C=C/c1ccc(-c2ccc(C(=O)Oc3ccc(-c4ccc(OCC)cc4F)cc3)c(F)c2F)cc1. The molecule has 0 bridgehead atoms. The number of carbonyl (C=O) groups is 1. The van der Waals surface area contributed by atoms with Gasteiger partial charge in [-0.25, -0.2) is 18.0 Å². The highest BCUT2D eigenvalue weighted by Crippen LogP contribution is 2.30. The van der Waals surface area contributed by atoms with E-state index in [1.165, 1.54) is 30.3 Å². The molecule has 0 unspecified atom stereocenters. The first-order chi connectivity index (χ1) is 17.4. The molecule has 0 heterocycles. The third-order valence-corrected chi connectivity index (χ3v) is 5.51. The molecule has 4 aromatic carbocycles. The fraction of sp³-hybridized carbons (Fsp3) is 0.100. The van der Waals surface area contributed by atoms with Gasteiger partial charge >= 0.3 is 5.97 Å².